The van der Waals surface area contributed by atoms with Gasteiger partial charge in [-0.1, -0.05) is 17.4 Å². The number of thiazole rings is 1. The van der Waals surface area contributed by atoms with Crippen LogP contribution in [0.25, 0.3) is 5.65 Å². The van der Waals surface area contributed by atoms with Crippen molar-refractivity contribution in [3.63, 3.8) is 0 Å². The number of rotatable bonds is 5. The lowest BCUT2D eigenvalue weighted by Gasteiger charge is -2.17. The molecule has 0 atom stereocenters. The van der Waals surface area contributed by atoms with Crippen LogP contribution in [0.1, 0.15) is 21.7 Å². The van der Waals surface area contributed by atoms with Crippen molar-refractivity contribution in [3.05, 3.63) is 64.4 Å². The van der Waals surface area contributed by atoms with E-state index in [0.29, 0.717) is 16.2 Å². The summed E-state index contributed by atoms with van der Waals surface area (Å²) in [6.07, 6.45) is -1.44. The van der Waals surface area contributed by atoms with Crippen LogP contribution < -0.4 is 15.5 Å². The topological polar surface area (TPSA) is 90.7 Å². The summed E-state index contributed by atoms with van der Waals surface area (Å²) >= 11 is 1.12. The third kappa shape index (κ3) is 6.35. The third-order valence-corrected chi connectivity index (χ3v) is 5.83. The molecule has 2 amide bonds. The highest BCUT2D eigenvalue weighted by atomic mass is 32.1. The molecule has 0 aliphatic heterocycles. The number of amides is 2. The van der Waals surface area contributed by atoms with Gasteiger partial charge in [0.15, 0.2) is 10.8 Å². The van der Waals surface area contributed by atoms with Crippen molar-refractivity contribution in [1.29, 1.82) is 0 Å². The normalized spacial score (nSPS) is 11.4. The molecule has 192 valence electrons. The summed E-state index contributed by atoms with van der Waals surface area (Å²) in [5.41, 5.74) is 0.566. The fourth-order valence-electron chi connectivity index (χ4n) is 3.36. The number of carbonyl (C=O) groups is 1. The van der Waals surface area contributed by atoms with E-state index in [1.54, 1.807) is 29.7 Å². The maximum Gasteiger partial charge on any atom is 0.416 e. The minimum atomic E-state index is -4.55. The van der Waals surface area contributed by atoms with Gasteiger partial charge in [0.05, 0.1) is 22.8 Å². The van der Waals surface area contributed by atoms with E-state index in [1.165, 1.54) is 18.3 Å². The van der Waals surface area contributed by atoms with Crippen LogP contribution in [0.15, 0.2) is 42.7 Å². The average Bonchev–Trinajstić information content (AvgIpc) is 3.43. The maximum atomic E-state index is 13.5. The maximum absolute atomic E-state index is 13.5. The largest absolute Gasteiger partial charge is 0.416 e. The first kappa shape index (κ1) is 25.9. The number of hydrogen-bond donors (Lipinski definition) is 2. The molecule has 0 aliphatic carbocycles. The fourth-order valence-corrected chi connectivity index (χ4v) is 4.02. The van der Waals surface area contributed by atoms with Crippen LogP contribution in [0.5, 0.6) is 0 Å². The van der Waals surface area contributed by atoms with Gasteiger partial charge in [-0.2, -0.15) is 13.2 Å². The van der Waals surface area contributed by atoms with Crippen molar-refractivity contribution in [2.75, 3.05) is 43.7 Å². The number of hydrogen-bond acceptors (Lipinski definition) is 7. The van der Waals surface area contributed by atoms with E-state index in [-0.39, 0.29) is 22.9 Å². The Balaban J connectivity index is 1.45. The standard InChI is InChI=1S/C24H23F3N8OS/c1-33(2)14-15-5-6-16(11-19(15)24(25,26)27)30-22(36)31-23-29-13-18(37-23)8-7-17-12-28-20-9-10-21(34(3)4)32-35(17)20/h5-6,9-13H,14H2,1-4H3,(H2,29,30,31,36). The van der Waals surface area contributed by atoms with Crippen LogP contribution in [0, 0.1) is 11.8 Å². The minimum absolute atomic E-state index is 0.0149. The molecule has 0 unspecified atom stereocenters. The molecule has 0 fully saturated rings. The molecule has 0 aliphatic rings. The Labute approximate surface area is 214 Å². The molecule has 0 spiro atoms. The van der Waals surface area contributed by atoms with Gasteiger partial charge in [-0.25, -0.2) is 19.3 Å². The summed E-state index contributed by atoms with van der Waals surface area (Å²) in [6, 6.07) is 6.68. The van der Waals surface area contributed by atoms with Crippen molar-refractivity contribution in [1.82, 2.24) is 24.5 Å². The van der Waals surface area contributed by atoms with Gasteiger partial charge < -0.3 is 15.1 Å². The van der Waals surface area contributed by atoms with E-state index in [1.807, 2.05) is 31.1 Å². The summed E-state index contributed by atoms with van der Waals surface area (Å²) in [7, 11) is 7.13. The summed E-state index contributed by atoms with van der Waals surface area (Å²) in [5.74, 6) is 6.71. The number of benzene rings is 1. The first-order valence-electron chi connectivity index (χ1n) is 10.9. The van der Waals surface area contributed by atoms with E-state index >= 15 is 0 Å². The molecule has 37 heavy (non-hydrogen) atoms. The number of fused-ring (bicyclic) bond motifs is 1. The van der Waals surface area contributed by atoms with Crippen LogP contribution in [0.3, 0.4) is 0 Å². The summed E-state index contributed by atoms with van der Waals surface area (Å²) in [6.45, 7) is 0.117. The molecule has 13 heteroatoms. The van der Waals surface area contributed by atoms with Crippen LogP contribution in [-0.4, -0.2) is 58.7 Å². The molecule has 2 N–H and O–H groups in total. The minimum Gasteiger partial charge on any atom is -0.361 e. The zero-order valence-electron chi connectivity index (χ0n) is 20.4. The highest BCUT2D eigenvalue weighted by molar-refractivity contribution is 7.16. The van der Waals surface area contributed by atoms with Crippen molar-refractivity contribution >= 4 is 39.7 Å². The number of nitrogens with one attached hydrogen (secondary N) is 2. The third-order valence-electron chi connectivity index (χ3n) is 5.01. The number of imidazole rings is 1. The lowest BCUT2D eigenvalue weighted by atomic mass is 10.1. The predicted molar refractivity (Wildman–Crippen MR) is 137 cm³/mol. The Bertz CT molecular complexity index is 1500. The van der Waals surface area contributed by atoms with Crippen LogP contribution in [-0.2, 0) is 12.7 Å². The lowest BCUT2D eigenvalue weighted by Crippen LogP contribution is -2.21. The molecule has 0 radical (unpaired) electrons. The molecule has 1 aromatic carbocycles. The smallest absolute Gasteiger partial charge is 0.361 e. The molecular weight excluding hydrogens is 505 g/mol. The van der Waals surface area contributed by atoms with Crippen LogP contribution >= 0.6 is 11.3 Å². The Hall–Kier alpha value is -4.15. The monoisotopic (exact) mass is 528 g/mol. The molecule has 3 aromatic heterocycles. The van der Waals surface area contributed by atoms with Crippen LogP contribution in [0.2, 0.25) is 0 Å². The number of nitrogens with zero attached hydrogens (tertiary/aromatic N) is 6. The first-order chi connectivity index (χ1) is 17.5. The second kappa shape index (κ2) is 10.5. The van der Waals surface area contributed by atoms with Crippen molar-refractivity contribution in [2.45, 2.75) is 12.7 Å². The first-order valence-corrected chi connectivity index (χ1v) is 11.7. The number of aromatic nitrogens is 4. The Morgan fingerprint density at radius 3 is 2.54 bits per heavy atom. The van der Waals surface area contributed by atoms with Gasteiger partial charge in [0, 0.05) is 26.3 Å². The lowest BCUT2D eigenvalue weighted by molar-refractivity contribution is -0.138. The number of urea groups is 1. The van der Waals surface area contributed by atoms with Gasteiger partial charge in [-0.05, 0) is 55.8 Å². The van der Waals surface area contributed by atoms with Crippen LogP contribution in [0.4, 0.5) is 34.6 Å². The van der Waals surface area contributed by atoms with E-state index in [0.717, 1.165) is 23.2 Å². The predicted octanol–water partition coefficient (Wildman–Crippen LogP) is 4.38. The van der Waals surface area contributed by atoms with Gasteiger partial charge in [-0.3, -0.25) is 5.32 Å². The molecule has 9 nitrogen and oxygen atoms in total. The second-order valence-corrected chi connectivity index (χ2v) is 9.50. The molecule has 3 heterocycles. The van der Waals surface area contributed by atoms with Gasteiger partial charge in [0.1, 0.15) is 11.5 Å². The molecule has 0 bridgehead atoms. The Morgan fingerprint density at radius 1 is 1.05 bits per heavy atom. The summed E-state index contributed by atoms with van der Waals surface area (Å²) in [5, 5.41) is 9.69. The highest BCUT2D eigenvalue weighted by Gasteiger charge is 2.33. The van der Waals surface area contributed by atoms with E-state index in [4.69, 9.17) is 0 Å². The zero-order valence-corrected chi connectivity index (χ0v) is 21.2. The van der Waals surface area contributed by atoms with Crippen molar-refractivity contribution in [2.24, 2.45) is 0 Å². The highest BCUT2D eigenvalue weighted by Crippen LogP contribution is 2.34. The number of anilines is 3. The molecule has 4 aromatic rings. The van der Waals surface area contributed by atoms with Crippen molar-refractivity contribution < 1.29 is 18.0 Å². The number of carbonyl (C=O) groups excluding carboxylic acids is 1. The Morgan fingerprint density at radius 2 is 1.84 bits per heavy atom. The van der Waals surface area contributed by atoms with Gasteiger partial charge in [0.2, 0.25) is 0 Å². The SMILES string of the molecule is CN(C)Cc1ccc(NC(=O)Nc2ncc(C#Cc3cnc4ccc(N(C)C)nn34)s2)cc1C(F)(F)F. The van der Waals surface area contributed by atoms with Gasteiger partial charge >= 0.3 is 12.2 Å². The molecule has 0 saturated carbocycles. The molecule has 0 saturated heterocycles. The number of alkyl halides is 3. The molecule has 4 rings (SSSR count). The van der Waals surface area contributed by atoms with Crippen molar-refractivity contribution in [3.8, 4) is 11.8 Å². The quantitative estimate of drug-likeness (QED) is 0.374. The average molecular weight is 529 g/mol. The summed E-state index contributed by atoms with van der Waals surface area (Å²) in [4.78, 5) is 24.9. The van der Waals surface area contributed by atoms with E-state index < -0.39 is 17.8 Å². The number of halogens is 3. The fraction of sp³-hybridized carbons (Fsp3) is 0.250. The van der Waals surface area contributed by atoms with Gasteiger partial charge in [0.25, 0.3) is 0 Å². The summed E-state index contributed by atoms with van der Waals surface area (Å²) < 4.78 is 42.1. The van der Waals surface area contributed by atoms with E-state index in [9.17, 15) is 18.0 Å². The zero-order chi connectivity index (χ0) is 26.7. The van der Waals surface area contributed by atoms with E-state index in [2.05, 4.69) is 37.5 Å². The molecular formula is C24H23F3N8OS. The van der Waals surface area contributed by atoms with Gasteiger partial charge in [-0.15, -0.1) is 5.10 Å². The second-order valence-electron chi connectivity index (χ2n) is 8.47. The Kier molecular flexibility index (Phi) is 7.33.